The molecule has 0 radical (unpaired) electrons. The van der Waals surface area contributed by atoms with Crippen molar-refractivity contribution in [2.24, 2.45) is 5.92 Å². The van der Waals surface area contributed by atoms with E-state index in [0.29, 0.717) is 17.4 Å². The minimum Gasteiger partial charge on any atom is -0.326 e. The van der Waals surface area contributed by atoms with Crippen LogP contribution in [0.1, 0.15) is 19.3 Å². The van der Waals surface area contributed by atoms with Gasteiger partial charge in [-0.25, -0.2) is 0 Å². The van der Waals surface area contributed by atoms with E-state index >= 15 is 0 Å². The van der Waals surface area contributed by atoms with E-state index in [0.717, 1.165) is 25.2 Å². The lowest BCUT2D eigenvalue weighted by molar-refractivity contribution is -0.116. The average Bonchev–Trinajstić information content (AvgIpc) is 2.79. The summed E-state index contributed by atoms with van der Waals surface area (Å²) >= 11 is 5.85. The zero-order valence-corrected chi connectivity index (χ0v) is 11.7. The predicted octanol–water partition coefficient (Wildman–Crippen LogP) is 3.09. The predicted molar refractivity (Wildman–Crippen MR) is 77.5 cm³/mol. The van der Waals surface area contributed by atoms with E-state index in [1.165, 1.54) is 6.42 Å². The van der Waals surface area contributed by atoms with Crippen LogP contribution in [0.15, 0.2) is 24.3 Å². The van der Waals surface area contributed by atoms with Crippen molar-refractivity contribution in [3.05, 3.63) is 29.3 Å². The Bertz CT molecular complexity index is 392. The van der Waals surface area contributed by atoms with E-state index in [1.807, 2.05) is 12.1 Å². The Hall–Kier alpha value is -0.770. The van der Waals surface area contributed by atoms with Gasteiger partial charge in [0, 0.05) is 17.1 Å². The van der Waals surface area contributed by atoms with Gasteiger partial charge in [-0.05, 0) is 50.0 Å². The van der Waals surface area contributed by atoms with Crippen LogP contribution in [0.3, 0.4) is 0 Å². The maximum absolute atomic E-state index is 11.7. The first-order valence-corrected chi connectivity index (χ1v) is 6.38. The lowest BCUT2D eigenvalue weighted by Crippen LogP contribution is -2.14. The lowest BCUT2D eigenvalue weighted by Gasteiger charge is -2.08. The molecule has 1 saturated heterocycles. The van der Waals surface area contributed by atoms with E-state index in [-0.39, 0.29) is 18.3 Å². The average molecular weight is 289 g/mol. The fourth-order valence-corrected chi connectivity index (χ4v) is 2.28. The lowest BCUT2D eigenvalue weighted by atomic mass is 10.0. The van der Waals surface area contributed by atoms with Crippen molar-refractivity contribution in [3.63, 3.8) is 0 Å². The number of rotatable bonds is 4. The molecular formula is C13H18Cl2N2O. The number of halogens is 2. The highest BCUT2D eigenvalue weighted by molar-refractivity contribution is 6.30. The Morgan fingerprint density at radius 1 is 1.50 bits per heavy atom. The van der Waals surface area contributed by atoms with Crippen molar-refractivity contribution in [1.82, 2.24) is 5.32 Å². The molecule has 1 aliphatic rings. The van der Waals surface area contributed by atoms with Gasteiger partial charge in [0.1, 0.15) is 0 Å². The number of benzene rings is 1. The van der Waals surface area contributed by atoms with Crippen LogP contribution >= 0.6 is 24.0 Å². The second-order valence-electron chi connectivity index (χ2n) is 4.46. The monoisotopic (exact) mass is 288 g/mol. The molecule has 0 spiro atoms. The first-order chi connectivity index (χ1) is 8.24. The van der Waals surface area contributed by atoms with Gasteiger partial charge in [-0.3, -0.25) is 4.79 Å². The van der Waals surface area contributed by atoms with E-state index in [4.69, 9.17) is 11.6 Å². The maximum Gasteiger partial charge on any atom is 0.224 e. The van der Waals surface area contributed by atoms with Gasteiger partial charge < -0.3 is 10.6 Å². The normalized spacial score (nSPS) is 18.2. The SMILES string of the molecule is Cl.O=C(CCC1CCNC1)Nc1cccc(Cl)c1. The number of carbonyl (C=O) groups is 1. The van der Waals surface area contributed by atoms with Crippen molar-refractivity contribution in [3.8, 4) is 0 Å². The highest BCUT2D eigenvalue weighted by Gasteiger charge is 2.15. The fraction of sp³-hybridized carbons (Fsp3) is 0.462. The molecule has 1 aromatic rings. The molecule has 1 atom stereocenters. The quantitative estimate of drug-likeness (QED) is 0.894. The summed E-state index contributed by atoms with van der Waals surface area (Å²) in [5.74, 6) is 0.722. The van der Waals surface area contributed by atoms with E-state index in [1.54, 1.807) is 12.1 Å². The fourth-order valence-electron chi connectivity index (χ4n) is 2.09. The van der Waals surface area contributed by atoms with Gasteiger partial charge >= 0.3 is 0 Å². The minimum absolute atomic E-state index is 0. The number of hydrogen-bond acceptors (Lipinski definition) is 2. The molecule has 0 aromatic heterocycles. The number of amides is 1. The molecule has 1 aromatic carbocycles. The zero-order chi connectivity index (χ0) is 12.1. The third kappa shape index (κ3) is 4.84. The molecule has 2 rings (SSSR count). The molecule has 1 fully saturated rings. The van der Waals surface area contributed by atoms with E-state index in [9.17, 15) is 4.79 Å². The van der Waals surface area contributed by atoms with Gasteiger partial charge in [0.15, 0.2) is 0 Å². The highest BCUT2D eigenvalue weighted by atomic mass is 35.5. The summed E-state index contributed by atoms with van der Waals surface area (Å²) in [5.41, 5.74) is 0.770. The highest BCUT2D eigenvalue weighted by Crippen LogP contribution is 2.17. The minimum atomic E-state index is 0. The topological polar surface area (TPSA) is 41.1 Å². The van der Waals surface area contributed by atoms with Crippen LogP contribution in [0.5, 0.6) is 0 Å². The van der Waals surface area contributed by atoms with Gasteiger partial charge in [0.05, 0.1) is 0 Å². The summed E-state index contributed by atoms with van der Waals surface area (Å²) in [4.78, 5) is 11.7. The summed E-state index contributed by atoms with van der Waals surface area (Å²) in [6.45, 7) is 2.13. The van der Waals surface area contributed by atoms with Gasteiger partial charge in [-0.1, -0.05) is 17.7 Å². The van der Waals surface area contributed by atoms with Crippen molar-refractivity contribution >= 4 is 35.6 Å². The number of anilines is 1. The zero-order valence-electron chi connectivity index (χ0n) is 10.1. The molecule has 18 heavy (non-hydrogen) atoms. The van der Waals surface area contributed by atoms with Gasteiger partial charge in [0.25, 0.3) is 0 Å². The van der Waals surface area contributed by atoms with Crippen LogP contribution in [0, 0.1) is 5.92 Å². The molecular weight excluding hydrogens is 271 g/mol. The van der Waals surface area contributed by atoms with Gasteiger partial charge in [0.2, 0.25) is 5.91 Å². The molecule has 0 aliphatic carbocycles. The second kappa shape index (κ2) is 7.62. The Morgan fingerprint density at radius 3 is 3.00 bits per heavy atom. The van der Waals surface area contributed by atoms with Crippen LogP contribution in [-0.2, 0) is 4.79 Å². The molecule has 1 heterocycles. The molecule has 1 aliphatic heterocycles. The van der Waals surface area contributed by atoms with Crippen molar-refractivity contribution in [2.45, 2.75) is 19.3 Å². The van der Waals surface area contributed by atoms with Crippen molar-refractivity contribution < 1.29 is 4.79 Å². The number of hydrogen-bond donors (Lipinski definition) is 2. The molecule has 5 heteroatoms. The molecule has 2 N–H and O–H groups in total. The Morgan fingerprint density at radius 2 is 2.33 bits per heavy atom. The largest absolute Gasteiger partial charge is 0.326 e. The smallest absolute Gasteiger partial charge is 0.224 e. The van der Waals surface area contributed by atoms with Crippen molar-refractivity contribution in [1.29, 1.82) is 0 Å². The third-order valence-corrected chi connectivity index (χ3v) is 3.29. The molecule has 1 amide bonds. The molecule has 3 nitrogen and oxygen atoms in total. The molecule has 0 saturated carbocycles. The summed E-state index contributed by atoms with van der Waals surface area (Å²) in [6.07, 6.45) is 2.72. The standard InChI is InChI=1S/C13H17ClN2O.ClH/c14-11-2-1-3-12(8-11)16-13(17)5-4-10-6-7-15-9-10;/h1-3,8,10,15H,4-7,9H2,(H,16,17);1H. The third-order valence-electron chi connectivity index (χ3n) is 3.05. The van der Waals surface area contributed by atoms with Crippen LogP contribution in [-0.4, -0.2) is 19.0 Å². The van der Waals surface area contributed by atoms with Gasteiger partial charge in [-0.15, -0.1) is 12.4 Å². The van der Waals surface area contributed by atoms with Crippen LogP contribution in [0.4, 0.5) is 5.69 Å². The first kappa shape index (κ1) is 15.3. The number of nitrogens with one attached hydrogen (secondary N) is 2. The van der Waals surface area contributed by atoms with E-state index in [2.05, 4.69) is 10.6 Å². The van der Waals surface area contributed by atoms with Crippen LogP contribution in [0.2, 0.25) is 5.02 Å². The Kier molecular flexibility index (Phi) is 6.47. The molecule has 0 bridgehead atoms. The Labute approximate surface area is 119 Å². The number of carbonyl (C=O) groups excluding carboxylic acids is 1. The van der Waals surface area contributed by atoms with Gasteiger partial charge in [-0.2, -0.15) is 0 Å². The summed E-state index contributed by atoms with van der Waals surface area (Å²) in [7, 11) is 0. The van der Waals surface area contributed by atoms with Crippen molar-refractivity contribution in [2.75, 3.05) is 18.4 Å². The Balaban J connectivity index is 0.00000162. The first-order valence-electron chi connectivity index (χ1n) is 6.00. The molecule has 1 unspecified atom stereocenters. The second-order valence-corrected chi connectivity index (χ2v) is 4.89. The van der Waals surface area contributed by atoms with Crippen LogP contribution in [0.25, 0.3) is 0 Å². The maximum atomic E-state index is 11.7. The summed E-state index contributed by atoms with van der Waals surface area (Å²) < 4.78 is 0. The summed E-state index contributed by atoms with van der Waals surface area (Å²) in [6, 6.07) is 7.23. The van der Waals surface area contributed by atoms with E-state index < -0.39 is 0 Å². The summed E-state index contributed by atoms with van der Waals surface area (Å²) in [5, 5.41) is 6.81. The molecule has 100 valence electrons. The van der Waals surface area contributed by atoms with Crippen LogP contribution < -0.4 is 10.6 Å².